The maximum Gasteiger partial charge on any atom is 0.325 e. The van der Waals surface area contributed by atoms with Crippen LogP contribution in [0.2, 0.25) is 0 Å². The third-order valence-corrected chi connectivity index (χ3v) is 3.35. The number of aromatic hydroxyl groups is 1. The molecule has 0 bridgehead atoms. The number of rotatable bonds is 3. The second kappa shape index (κ2) is 5.37. The molecule has 1 heterocycles. The molecular formula is C13H18N2O3. The van der Waals surface area contributed by atoms with Crippen molar-refractivity contribution in [1.82, 2.24) is 9.80 Å². The number of aliphatic carboxylic acids is 1. The Labute approximate surface area is 106 Å². The molecule has 1 atom stereocenters. The Morgan fingerprint density at radius 2 is 1.72 bits per heavy atom. The van der Waals surface area contributed by atoms with E-state index in [1.165, 1.54) is 12.1 Å². The summed E-state index contributed by atoms with van der Waals surface area (Å²) < 4.78 is 0. The van der Waals surface area contributed by atoms with Crippen molar-refractivity contribution in [1.29, 1.82) is 0 Å². The molecule has 1 fully saturated rings. The first kappa shape index (κ1) is 12.9. The van der Waals surface area contributed by atoms with Gasteiger partial charge in [-0.15, -0.1) is 0 Å². The molecule has 1 unspecified atom stereocenters. The molecule has 0 aromatic heterocycles. The van der Waals surface area contributed by atoms with Gasteiger partial charge in [0.1, 0.15) is 11.8 Å². The van der Waals surface area contributed by atoms with Gasteiger partial charge >= 0.3 is 5.97 Å². The molecular weight excluding hydrogens is 232 g/mol. The molecule has 5 nitrogen and oxygen atoms in total. The number of phenols is 1. The second-order valence-electron chi connectivity index (χ2n) is 4.67. The standard InChI is InChI=1S/C13H18N2O3/c1-14-6-8-15(9-7-14)12(13(17)18)10-2-4-11(16)5-3-10/h2-5,12,16H,6-9H2,1H3,(H,17,18). The molecule has 0 saturated carbocycles. The van der Waals surface area contributed by atoms with Crippen molar-refractivity contribution in [2.45, 2.75) is 6.04 Å². The van der Waals surface area contributed by atoms with Crippen LogP contribution in [-0.4, -0.2) is 59.2 Å². The first-order valence-corrected chi connectivity index (χ1v) is 6.02. The zero-order chi connectivity index (χ0) is 13.1. The van der Waals surface area contributed by atoms with E-state index in [0.717, 1.165) is 26.2 Å². The fraction of sp³-hybridized carbons (Fsp3) is 0.462. The van der Waals surface area contributed by atoms with Crippen LogP contribution >= 0.6 is 0 Å². The van der Waals surface area contributed by atoms with Crippen LogP contribution in [0.5, 0.6) is 5.75 Å². The van der Waals surface area contributed by atoms with E-state index < -0.39 is 12.0 Å². The first-order valence-electron chi connectivity index (χ1n) is 6.02. The normalized spacial score (nSPS) is 19.6. The van der Waals surface area contributed by atoms with Crippen LogP contribution in [0.15, 0.2) is 24.3 Å². The Bertz CT molecular complexity index is 411. The number of hydrogen-bond acceptors (Lipinski definition) is 4. The van der Waals surface area contributed by atoms with Crippen LogP contribution in [0, 0.1) is 0 Å². The molecule has 1 aliphatic heterocycles. The zero-order valence-corrected chi connectivity index (χ0v) is 10.4. The van der Waals surface area contributed by atoms with Gasteiger partial charge in [0.05, 0.1) is 0 Å². The summed E-state index contributed by atoms with van der Waals surface area (Å²) in [7, 11) is 2.04. The van der Waals surface area contributed by atoms with Gasteiger partial charge in [0.15, 0.2) is 0 Å². The van der Waals surface area contributed by atoms with E-state index in [4.69, 9.17) is 0 Å². The Hall–Kier alpha value is -1.59. The van der Waals surface area contributed by atoms with Crippen LogP contribution in [0.3, 0.4) is 0 Å². The number of likely N-dealkylation sites (N-methyl/N-ethyl adjacent to an activating group) is 1. The summed E-state index contributed by atoms with van der Waals surface area (Å²) in [6.45, 7) is 3.24. The van der Waals surface area contributed by atoms with E-state index in [2.05, 4.69) is 4.90 Å². The molecule has 2 rings (SSSR count). The summed E-state index contributed by atoms with van der Waals surface area (Å²) in [5.74, 6) is -0.688. The van der Waals surface area contributed by atoms with Crippen molar-refractivity contribution in [2.75, 3.05) is 33.2 Å². The number of hydrogen-bond donors (Lipinski definition) is 2. The number of benzene rings is 1. The van der Waals surface area contributed by atoms with Crippen molar-refractivity contribution in [2.24, 2.45) is 0 Å². The lowest BCUT2D eigenvalue weighted by Gasteiger charge is -2.36. The van der Waals surface area contributed by atoms with Crippen molar-refractivity contribution in [3.8, 4) is 5.75 Å². The molecule has 0 amide bonds. The van der Waals surface area contributed by atoms with Gasteiger partial charge in [-0.3, -0.25) is 9.69 Å². The maximum absolute atomic E-state index is 11.4. The second-order valence-corrected chi connectivity index (χ2v) is 4.67. The summed E-state index contributed by atoms with van der Waals surface area (Å²) in [5.41, 5.74) is 0.713. The van der Waals surface area contributed by atoms with Gasteiger partial charge in [0.25, 0.3) is 0 Å². The molecule has 0 aliphatic carbocycles. The first-order chi connectivity index (χ1) is 8.58. The van der Waals surface area contributed by atoms with Crippen LogP contribution in [-0.2, 0) is 4.79 Å². The molecule has 1 aromatic rings. The fourth-order valence-electron chi connectivity index (χ4n) is 2.25. The third kappa shape index (κ3) is 2.80. The Morgan fingerprint density at radius 3 is 2.22 bits per heavy atom. The minimum absolute atomic E-state index is 0.154. The van der Waals surface area contributed by atoms with E-state index >= 15 is 0 Å². The van der Waals surface area contributed by atoms with Gasteiger partial charge in [-0.05, 0) is 24.7 Å². The highest BCUT2D eigenvalue weighted by atomic mass is 16.4. The van der Waals surface area contributed by atoms with E-state index in [0.29, 0.717) is 5.56 Å². The lowest BCUT2D eigenvalue weighted by atomic mass is 10.0. The average Bonchev–Trinajstić information content (AvgIpc) is 2.34. The number of carbonyl (C=O) groups is 1. The lowest BCUT2D eigenvalue weighted by Crippen LogP contribution is -2.47. The number of carboxylic acids is 1. The number of phenolic OH excluding ortho intramolecular Hbond substituents is 1. The minimum Gasteiger partial charge on any atom is -0.508 e. The highest BCUT2D eigenvalue weighted by Crippen LogP contribution is 2.24. The quantitative estimate of drug-likeness (QED) is 0.829. The predicted molar refractivity (Wildman–Crippen MR) is 67.6 cm³/mol. The van der Waals surface area contributed by atoms with Gasteiger partial charge in [0.2, 0.25) is 0 Å². The topological polar surface area (TPSA) is 64.0 Å². The highest BCUT2D eigenvalue weighted by molar-refractivity contribution is 5.75. The van der Waals surface area contributed by atoms with Gasteiger partial charge in [-0.25, -0.2) is 0 Å². The predicted octanol–water partition coefficient (Wildman–Crippen LogP) is 0.765. The summed E-state index contributed by atoms with van der Waals surface area (Å²) in [5, 5.41) is 18.7. The number of piperazine rings is 1. The van der Waals surface area contributed by atoms with Gasteiger partial charge in [-0.1, -0.05) is 12.1 Å². The van der Waals surface area contributed by atoms with Crippen LogP contribution in [0.1, 0.15) is 11.6 Å². The lowest BCUT2D eigenvalue weighted by molar-refractivity contribution is -0.144. The highest BCUT2D eigenvalue weighted by Gasteiger charge is 2.29. The smallest absolute Gasteiger partial charge is 0.325 e. The minimum atomic E-state index is -0.842. The van der Waals surface area contributed by atoms with Crippen molar-refractivity contribution >= 4 is 5.97 Å². The molecule has 5 heteroatoms. The summed E-state index contributed by atoms with van der Waals surface area (Å²) in [4.78, 5) is 15.6. The molecule has 98 valence electrons. The summed E-state index contributed by atoms with van der Waals surface area (Å²) >= 11 is 0. The van der Waals surface area contributed by atoms with Crippen LogP contribution < -0.4 is 0 Å². The molecule has 1 aromatic carbocycles. The molecule has 0 radical (unpaired) electrons. The fourth-order valence-corrected chi connectivity index (χ4v) is 2.25. The summed E-state index contributed by atoms with van der Waals surface area (Å²) in [6, 6.07) is 5.78. The van der Waals surface area contributed by atoms with Crippen molar-refractivity contribution < 1.29 is 15.0 Å². The van der Waals surface area contributed by atoms with E-state index in [1.54, 1.807) is 12.1 Å². The largest absolute Gasteiger partial charge is 0.508 e. The van der Waals surface area contributed by atoms with Gasteiger partial charge in [-0.2, -0.15) is 0 Å². The molecule has 0 spiro atoms. The zero-order valence-electron chi connectivity index (χ0n) is 10.4. The summed E-state index contributed by atoms with van der Waals surface area (Å²) in [6.07, 6.45) is 0. The van der Waals surface area contributed by atoms with E-state index in [-0.39, 0.29) is 5.75 Å². The van der Waals surface area contributed by atoms with E-state index in [1.807, 2.05) is 11.9 Å². The van der Waals surface area contributed by atoms with Crippen LogP contribution in [0.4, 0.5) is 0 Å². The van der Waals surface area contributed by atoms with Gasteiger partial charge in [0, 0.05) is 26.2 Å². The van der Waals surface area contributed by atoms with Crippen molar-refractivity contribution in [3.63, 3.8) is 0 Å². The maximum atomic E-state index is 11.4. The Kier molecular flexibility index (Phi) is 3.84. The molecule has 1 aliphatic rings. The average molecular weight is 250 g/mol. The number of nitrogens with zero attached hydrogens (tertiary/aromatic N) is 2. The SMILES string of the molecule is CN1CCN(C(C(=O)O)c2ccc(O)cc2)CC1. The molecule has 2 N–H and O–H groups in total. The Morgan fingerprint density at radius 1 is 1.17 bits per heavy atom. The van der Waals surface area contributed by atoms with Gasteiger partial charge < -0.3 is 15.1 Å². The monoisotopic (exact) mass is 250 g/mol. The van der Waals surface area contributed by atoms with Crippen LogP contribution in [0.25, 0.3) is 0 Å². The molecule has 1 saturated heterocycles. The third-order valence-electron chi connectivity index (χ3n) is 3.35. The Balaban J connectivity index is 2.18. The van der Waals surface area contributed by atoms with E-state index in [9.17, 15) is 15.0 Å². The number of carboxylic acid groups (broad SMARTS) is 1. The van der Waals surface area contributed by atoms with Crippen molar-refractivity contribution in [3.05, 3.63) is 29.8 Å². The molecule has 18 heavy (non-hydrogen) atoms.